The normalized spacial score (nSPS) is 22.7. The summed E-state index contributed by atoms with van der Waals surface area (Å²) in [5.74, 6) is 1.37. The van der Waals surface area contributed by atoms with E-state index in [0.717, 1.165) is 38.0 Å². The summed E-state index contributed by atoms with van der Waals surface area (Å²) in [5.41, 5.74) is 0. The summed E-state index contributed by atoms with van der Waals surface area (Å²) in [6.07, 6.45) is 4.10. The Kier molecular flexibility index (Phi) is 11.9. The maximum Gasteiger partial charge on any atom is 0.243 e. The lowest BCUT2D eigenvalue weighted by molar-refractivity contribution is -0.127. The quantitative estimate of drug-likeness (QED) is 0.358. The fourth-order valence-corrected chi connectivity index (χ4v) is 3.90. The van der Waals surface area contributed by atoms with Crippen LogP contribution in [0.3, 0.4) is 0 Å². The second-order valence-electron chi connectivity index (χ2n) is 5.78. The number of carbonyl (C=O) groups excluding carboxylic acids is 1. The first-order chi connectivity index (χ1) is 10.5. The van der Waals surface area contributed by atoms with Crippen molar-refractivity contribution in [1.82, 2.24) is 15.5 Å². The Morgan fingerprint density at radius 3 is 2.57 bits per heavy atom. The van der Waals surface area contributed by atoms with Crippen molar-refractivity contribution in [2.24, 2.45) is 4.99 Å². The molecule has 3 unspecified atom stereocenters. The molecule has 0 heterocycles. The van der Waals surface area contributed by atoms with E-state index in [1.807, 2.05) is 13.8 Å². The van der Waals surface area contributed by atoms with Crippen LogP contribution in [0.25, 0.3) is 0 Å². The van der Waals surface area contributed by atoms with Gasteiger partial charge in [-0.2, -0.15) is 0 Å². The number of halogens is 1. The van der Waals surface area contributed by atoms with Gasteiger partial charge in [0.25, 0.3) is 0 Å². The van der Waals surface area contributed by atoms with Gasteiger partial charge in [0.15, 0.2) is 5.96 Å². The average molecular weight is 458 g/mol. The van der Waals surface area contributed by atoms with Crippen molar-refractivity contribution in [1.29, 1.82) is 0 Å². The molecule has 0 radical (unpaired) electrons. The Labute approximate surface area is 159 Å². The summed E-state index contributed by atoms with van der Waals surface area (Å²) in [5, 5.41) is 6.85. The molecule has 1 amide bonds. The van der Waals surface area contributed by atoms with Gasteiger partial charge in [-0.15, -0.1) is 24.0 Å². The second kappa shape index (κ2) is 12.0. The van der Waals surface area contributed by atoms with E-state index in [1.54, 1.807) is 14.1 Å². The van der Waals surface area contributed by atoms with Gasteiger partial charge in [0.1, 0.15) is 6.54 Å². The lowest BCUT2D eigenvalue weighted by Crippen LogP contribution is -2.47. The van der Waals surface area contributed by atoms with Crippen LogP contribution in [-0.4, -0.2) is 65.2 Å². The number of likely N-dealkylation sites (N-methyl/N-ethyl adjacent to an activating group) is 1. The molecule has 1 aliphatic carbocycles. The molecule has 6 nitrogen and oxygen atoms in total. The number of hydrogen-bond acceptors (Lipinski definition) is 3. The Bertz CT molecular complexity index is 418. The molecule has 1 saturated carbocycles. The lowest BCUT2D eigenvalue weighted by Gasteiger charge is -2.30. The van der Waals surface area contributed by atoms with Crippen LogP contribution in [0.1, 0.15) is 39.5 Å². The lowest BCUT2D eigenvalue weighted by atomic mass is 9.95. The second-order valence-corrected chi connectivity index (χ2v) is 7.79. The molecule has 1 aliphatic rings. The minimum Gasteiger partial charge on any atom is -0.357 e. The first-order valence-electron chi connectivity index (χ1n) is 8.10. The molecule has 1 fully saturated rings. The van der Waals surface area contributed by atoms with Gasteiger partial charge in [0, 0.05) is 48.5 Å². The van der Waals surface area contributed by atoms with E-state index in [2.05, 4.69) is 15.6 Å². The standard InChI is InChI=1S/C15H30N4O2S.HI/c1-5-16-15(17-11-14(20)19(3)4)18-12-8-7-9-13(10-12)22(21)6-2;/h12-13H,5-11H2,1-4H3,(H2,16,17,18);1H. The molecule has 136 valence electrons. The highest BCUT2D eigenvalue weighted by Crippen LogP contribution is 2.22. The van der Waals surface area contributed by atoms with Crippen molar-refractivity contribution in [3.8, 4) is 0 Å². The summed E-state index contributed by atoms with van der Waals surface area (Å²) >= 11 is 0. The number of aliphatic imine (C=N–C) groups is 1. The van der Waals surface area contributed by atoms with Crippen LogP contribution in [0.2, 0.25) is 0 Å². The highest BCUT2D eigenvalue weighted by atomic mass is 127. The maximum atomic E-state index is 12.0. The fraction of sp³-hybridized carbons (Fsp3) is 0.867. The maximum absolute atomic E-state index is 12.0. The minimum atomic E-state index is -0.731. The van der Waals surface area contributed by atoms with Crippen LogP contribution >= 0.6 is 24.0 Å². The summed E-state index contributed by atoms with van der Waals surface area (Å²) < 4.78 is 12.0. The van der Waals surface area contributed by atoms with E-state index in [4.69, 9.17) is 0 Å². The topological polar surface area (TPSA) is 73.8 Å². The number of hydrogen-bond donors (Lipinski definition) is 2. The number of nitrogens with one attached hydrogen (secondary N) is 2. The molecular weight excluding hydrogens is 427 g/mol. The monoisotopic (exact) mass is 458 g/mol. The van der Waals surface area contributed by atoms with Crippen LogP contribution in [0, 0.1) is 0 Å². The zero-order chi connectivity index (χ0) is 16.5. The van der Waals surface area contributed by atoms with Gasteiger partial charge in [-0.25, -0.2) is 4.99 Å². The molecule has 0 spiro atoms. The van der Waals surface area contributed by atoms with Crippen molar-refractivity contribution < 1.29 is 9.00 Å². The van der Waals surface area contributed by atoms with Gasteiger partial charge in [0.05, 0.1) is 0 Å². The van der Waals surface area contributed by atoms with Gasteiger partial charge in [-0.05, 0) is 26.2 Å². The Hall–Kier alpha value is -0.380. The molecule has 0 saturated heterocycles. The van der Waals surface area contributed by atoms with Gasteiger partial charge in [-0.1, -0.05) is 13.3 Å². The molecule has 8 heteroatoms. The number of rotatable bonds is 6. The summed E-state index contributed by atoms with van der Waals surface area (Å²) in [7, 11) is 2.72. The first kappa shape index (κ1) is 22.6. The third kappa shape index (κ3) is 8.32. The van der Waals surface area contributed by atoms with Crippen molar-refractivity contribution in [3.63, 3.8) is 0 Å². The average Bonchev–Trinajstić information content (AvgIpc) is 2.51. The Morgan fingerprint density at radius 2 is 2.00 bits per heavy atom. The first-order valence-corrected chi connectivity index (χ1v) is 9.48. The van der Waals surface area contributed by atoms with Gasteiger partial charge >= 0.3 is 0 Å². The zero-order valence-corrected chi connectivity index (χ0v) is 17.8. The molecule has 0 bridgehead atoms. The number of amides is 1. The molecular formula is C15H31IN4O2S. The number of carbonyl (C=O) groups is 1. The predicted octanol–water partition coefficient (Wildman–Crippen LogP) is 1.33. The molecule has 2 N–H and O–H groups in total. The molecule has 0 aromatic carbocycles. The third-order valence-corrected chi connectivity index (χ3v) is 5.58. The van der Waals surface area contributed by atoms with Crippen LogP contribution in [-0.2, 0) is 15.6 Å². The molecule has 0 aromatic heterocycles. The molecule has 3 atom stereocenters. The smallest absolute Gasteiger partial charge is 0.243 e. The van der Waals surface area contributed by atoms with E-state index in [0.29, 0.717) is 5.96 Å². The number of guanidine groups is 1. The SMILES string of the molecule is CCNC(=NCC(=O)N(C)C)NC1CCCC(S(=O)CC)C1.I. The summed E-state index contributed by atoms with van der Waals surface area (Å²) in [6, 6.07) is 0.279. The van der Waals surface area contributed by atoms with Gasteiger partial charge in [0.2, 0.25) is 5.91 Å². The molecule has 1 rings (SSSR count). The van der Waals surface area contributed by atoms with Crippen molar-refractivity contribution in [2.75, 3.05) is 32.9 Å². The van der Waals surface area contributed by atoms with Crippen LogP contribution < -0.4 is 10.6 Å². The van der Waals surface area contributed by atoms with Crippen molar-refractivity contribution in [2.45, 2.75) is 50.8 Å². The fourth-order valence-electron chi connectivity index (χ4n) is 2.55. The zero-order valence-electron chi connectivity index (χ0n) is 14.6. The largest absolute Gasteiger partial charge is 0.357 e. The van der Waals surface area contributed by atoms with E-state index in [-0.39, 0.29) is 47.7 Å². The van der Waals surface area contributed by atoms with E-state index >= 15 is 0 Å². The Balaban J connectivity index is 0.00000484. The highest BCUT2D eigenvalue weighted by Gasteiger charge is 2.26. The van der Waals surface area contributed by atoms with E-state index < -0.39 is 10.8 Å². The predicted molar refractivity (Wildman–Crippen MR) is 108 cm³/mol. The van der Waals surface area contributed by atoms with Crippen LogP contribution in [0.4, 0.5) is 0 Å². The number of nitrogens with zero attached hydrogens (tertiary/aromatic N) is 2. The van der Waals surface area contributed by atoms with Crippen LogP contribution in [0.15, 0.2) is 4.99 Å². The van der Waals surface area contributed by atoms with Crippen molar-refractivity contribution in [3.05, 3.63) is 0 Å². The van der Waals surface area contributed by atoms with Gasteiger partial charge in [-0.3, -0.25) is 9.00 Å². The van der Waals surface area contributed by atoms with Crippen LogP contribution in [0.5, 0.6) is 0 Å². The summed E-state index contributed by atoms with van der Waals surface area (Å²) in [6.45, 7) is 4.87. The van der Waals surface area contributed by atoms with Gasteiger partial charge < -0.3 is 15.5 Å². The van der Waals surface area contributed by atoms with E-state index in [1.165, 1.54) is 4.90 Å². The molecule has 0 aliphatic heterocycles. The minimum absolute atomic E-state index is 0. The highest BCUT2D eigenvalue weighted by molar-refractivity contribution is 14.0. The van der Waals surface area contributed by atoms with E-state index in [9.17, 15) is 9.00 Å². The summed E-state index contributed by atoms with van der Waals surface area (Å²) in [4.78, 5) is 17.5. The Morgan fingerprint density at radius 1 is 1.30 bits per heavy atom. The molecule has 23 heavy (non-hydrogen) atoms. The third-order valence-electron chi connectivity index (χ3n) is 3.84. The molecule has 0 aromatic rings. The van der Waals surface area contributed by atoms with Crippen molar-refractivity contribution >= 4 is 46.6 Å².